The first-order valence-electron chi connectivity index (χ1n) is 10.1. The Bertz CT molecular complexity index is 823. The first kappa shape index (κ1) is 22.5. The van der Waals surface area contributed by atoms with Crippen LogP contribution < -0.4 is 0 Å². The zero-order chi connectivity index (χ0) is 22.6. The van der Waals surface area contributed by atoms with Crippen LogP contribution in [0.4, 0.5) is 0 Å². The highest BCUT2D eigenvalue weighted by Gasteiger charge is 2.69. The van der Waals surface area contributed by atoms with Crippen LogP contribution in [0.2, 0.25) is 0 Å². The SMILES string of the molecule is CC=C(C)C(=O)O[C@H]1C[C@](C)(O)[C@H]2C=C[C@](C)(O)[C@H]2[C@@H]2OC(=O)[C@@](C)(OC(C)=O)[C@@H]21. The van der Waals surface area contributed by atoms with E-state index >= 15 is 0 Å². The summed E-state index contributed by atoms with van der Waals surface area (Å²) in [4.78, 5) is 37.3. The molecule has 3 aliphatic rings. The van der Waals surface area contributed by atoms with E-state index in [9.17, 15) is 24.6 Å². The lowest BCUT2D eigenvalue weighted by atomic mass is 9.72. The van der Waals surface area contributed by atoms with Gasteiger partial charge in [-0.2, -0.15) is 0 Å². The summed E-state index contributed by atoms with van der Waals surface area (Å²) in [6.45, 7) is 9.08. The molecule has 3 rings (SSSR count). The van der Waals surface area contributed by atoms with Crippen molar-refractivity contribution in [1.29, 1.82) is 0 Å². The summed E-state index contributed by atoms with van der Waals surface area (Å²) < 4.78 is 16.8. The van der Waals surface area contributed by atoms with Crippen LogP contribution in [0.1, 0.15) is 48.0 Å². The Labute approximate surface area is 175 Å². The second kappa shape index (κ2) is 7.20. The fourth-order valence-electron chi connectivity index (χ4n) is 5.19. The number of aliphatic hydroxyl groups is 2. The van der Waals surface area contributed by atoms with E-state index in [1.165, 1.54) is 13.8 Å². The molecule has 0 bridgehead atoms. The minimum Gasteiger partial charge on any atom is -0.458 e. The Kier molecular flexibility index (Phi) is 5.40. The van der Waals surface area contributed by atoms with Crippen molar-refractivity contribution in [1.82, 2.24) is 0 Å². The molecule has 2 N–H and O–H groups in total. The molecule has 30 heavy (non-hydrogen) atoms. The molecule has 0 radical (unpaired) electrons. The smallest absolute Gasteiger partial charge is 0.351 e. The molecule has 0 spiro atoms. The van der Waals surface area contributed by atoms with Crippen molar-refractivity contribution in [3.05, 3.63) is 23.8 Å². The molecular weight excluding hydrogens is 392 g/mol. The molecule has 0 aromatic carbocycles. The maximum Gasteiger partial charge on any atom is 0.351 e. The van der Waals surface area contributed by atoms with Gasteiger partial charge >= 0.3 is 17.9 Å². The van der Waals surface area contributed by atoms with Crippen LogP contribution in [-0.4, -0.2) is 57.1 Å². The maximum absolute atomic E-state index is 12.9. The van der Waals surface area contributed by atoms with Gasteiger partial charge in [-0.15, -0.1) is 0 Å². The molecule has 0 unspecified atom stereocenters. The number of hydrogen-bond donors (Lipinski definition) is 2. The summed E-state index contributed by atoms with van der Waals surface area (Å²) >= 11 is 0. The van der Waals surface area contributed by atoms with Crippen molar-refractivity contribution >= 4 is 17.9 Å². The molecule has 2 fully saturated rings. The Morgan fingerprint density at radius 3 is 2.40 bits per heavy atom. The molecule has 1 aliphatic heterocycles. The molecule has 2 aliphatic carbocycles. The molecule has 8 heteroatoms. The van der Waals surface area contributed by atoms with Gasteiger partial charge in [0.1, 0.15) is 12.2 Å². The van der Waals surface area contributed by atoms with Gasteiger partial charge in [-0.25, -0.2) is 9.59 Å². The molecular formula is C22H30O8. The van der Waals surface area contributed by atoms with E-state index in [0.717, 1.165) is 0 Å². The summed E-state index contributed by atoms with van der Waals surface area (Å²) in [7, 11) is 0. The average molecular weight is 422 g/mol. The van der Waals surface area contributed by atoms with Crippen LogP contribution in [0.25, 0.3) is 0 Å². The van der Waals surface area contributed by atoms with Crippen molar-refractivity contribution in [2.75, 3.05) is 0 Å². The predicted octanol–water partition coefficient (Wildman–Crippen LogP) is 1.44. The van der Waals surface area contributed by atoms with Gasteiger partial charge in [-0.05, 0) is 34.6 Å². The predicted molar refractivity (Wildman–Crippen MR) is 105 cm³/mol. The summed E-state index contributed by atoms with van der Waals surface area (Å²) in [6.07, 6.45) is 2.94. The minimum absolute atomic E-state index is 0.0218. The third kappa shape index (κ3) is 3.46. The van der Waals surface area contributed by atoms with Crippen molar-refractivity contribution in [3.63, 3.8) is 0 Å². The van der Waals surface area contributed by atoms with Crippen LogP contribution >= 0.6 is 0 Å². The second-order valence-electron chi connectivity index (χ2n) is 9.21. The molecule has 0 amide bonds. The van der Waals surface area contributed by atoms with E-state index in [2.05, 4.69) is 0 Å². The first-order valence-corrected chi connectivity index (χ1v) is 10.1. The molecule has 166 valence electrons. The van der Waals surface area contributed by atoms with Crippen LogP contribution in [0.5, 0.6) is 0 Å². The van der Waals surface area contributed by atoms with Gasteiger partial charge in [0.15, 0.2) is 0 Å². The van der Waals surface area contributed by atoms with Gasteiger partial charge in [0, 0.05) is 30.8 Å². The summed E-state index contributed by atoms with van der Waals surface area (Å²) in [5.41, 5.74) is -4.11. The molecule has 1 heterocycles. The van der Waals surface area contributed by atoms with E-state index in [1.807, 2.05) is 0 Å². The third-order valence-electron chi connectivity index (χ3n) is 6.80. The molecule has 8 nitrogen and oxygen atoms in total. The molecule has 8 atom stereocenters. The van der Waals surface area contributed by atoms with Crippen molar-refractivity contribution < 1.29 is 38.8 Å². The molecule has 1 saturated carbocycles. The normalized spacial score (nSPS) is 45.3. The largest absolute Gasteiger partial charge is 0.458 e. The van der Waals surface area contributed by atoms with Crippen LogP contribution in [0.3, 0.4) is 0 Å². The fraction of sp³-hybridized carbons (Fsp3) is 0.682. The number of rotatable bonds is 3. The third-order valence-corrected chi connectivity index (χ3v) is 6.80. The average Bonchev–Trinajstić information content (AvgIpc) is 3.02. The van der Waals surface area contributed by atoms with Gasteiger partial charge in [-0.3, -0.25) is 4.79 Å². The Balaban J connectivity index is 2.14. The Morgan fingerprint density at radius 1 is 1.20 bits per heavy atom. The standard InChI is InChI=1S/C22H30O8/c1-7-11(2)18(24)28-14-10-21(5,27)13-8-9-20(4,26)15(13)17-16(14)22(6,19(25)29-17)30-12(3)23/h7-9,13-17,26-27H,10H2,1-6H3/t13-,14-,15+,16+,17-,20-,21-,22-/m0/s1. The lowest BCUT2D eigenvalue weighted by molar-refractivity contribution is -0.178. The van der Waals surface area contributed by atoms with Crippen molar-refractivity contribution in [3.8, 4) is 0 Å². The number of carbonyl (C=O) groups is 3. The van der Waals surface area contributed by atoms with Crippen molar-refractivity contribution in [2.24, 2.45) is 17.8 Å². The quantitative estimate of drug-likeness (QED) is 0.303. The molecule has 0 aromatic rings. The molecule has 0 aromatic heterocycles. The lowest BCUT2D eigenvalue weighted by Gasteiger charge is -2.38. The zero-order valence-electron chi connectivity index (χ0n) is 18.2. The Morgan fingerprint density at radius 2 is 1.83 bits per heavy atom. The maximum atomic E-state index is 12.9. The van der Waals surface area contributed by atoms with Crippen molar-refractivity contribution in [2.45, 2.75) is 77.0 Å². The number of allylic oxidation sites excluding steroid dienone is 1. The number of esters is 3. The minimum atomic E-state index is -1.73. The van der Waals surface area contributed by atoms with Crippen LogP contribution in [-0.2, 0) is 28.6 Å². The van der Waals surface area contributed by atoms with Gasteiger partial charge in [0.25, 0.3) is 0 Å². The second-order valence-corrected chi connectivity index (χ2v) is 9.21. The van der Waals surface area contributed by atoms with Gasteiger partial charge in [-0.1, -0.05) is 18.2 Å². The topological polar surface area (TPSA) is 119 Å². The lowest BCUT2D eigenvalue weighted by Crippen LogP contribution is -2.52. The zero-order valence-corrected chi connectivity index (χ0v) is 18.2. The van der Waals surface area contributed by atoms with Gasteiger partial charge in [0.05, 0.1) is 17.1 Å². The van der Waals surface area contributed by atoms with E-state index in [1.54, 1.807) is 45.9 Å². The fourth-order valence-corrected chi connectivity index (χ4v) is 5.19. The summed E-state index contributed by atoms with van der Waals surface area (Å²) in [5, 5.41) is 22.3. The number of ether oxygens (including phenoxy) is 3. The Hall–Kier alpha value is -2.19. The highest BCUT2D eigenvalue weighted by Crippen LogP contribution is 2.55. The number of fused-ring (bicyclic) bond motifs is 3. The van der Waals surface area contributed by atoms with E-state index < -0.39 is 64.7 Å². The van der Waals surface area contributed by atoms with Crippen LogP contribution in [0, 0.1) is 17.8 Å². The number of carbonyl (C=O) groups excluding carboxylic acids is 3. The van der Waals surface area contributed by atoms with Gasteiger partial charge in [0.2, 0.25) is 5.60 Å². The van der Waals surface area contributed by atoms with E-state index in [-0.39, 0.29) is 6.42 Å². The van der Waals surface area contributed by atoms with Crippen LogP contribution in [0.15, 0.2) is 23.8 Å². The molecule has 1 saturated heterocycles. The number of hydrogen-bond acceptors (Lipinski definition) is 8. The first-order chi connectivity index (χ1) is 13.7. The summed E-state index contributed by atoms with van der Waals surface area (Å²) in [5.74, 6) is -4.22. The van der Waals surface area contributed by atoms with E-state index in [0.29, 0.717) is 5.57 Å². The van der Waals surface area contributed by atoms with E-state index in [4.69, 9.17) is 14.2 Å². The highest BCUT2D eigenvalue weighted by atomic mass is 16.6. The van der Waals surface area contributed by atoms with Gasteiger partial charge < -0.3 is 24.4 Å². The highest BCUT2D eigenvalue weighted by molar-refractivity contribution is 5.88. The summed E-state index contributed by atoms with van der Waals surface area (Å²) in [6, 6.07) is 0. The monoisotopic (exact) mass is 422 g/mol.